The highest BCUT2D eigenvalue weighted by Gasteiger charge is 2.15. The van der Waals surface area contributed by atoms with Crippen LogP contribution < -0.4 is 16.0 Å². The molecule has 0 radical (unpaired) electrons. The number of nitrogens with zero attached hydrogens (tertiary/aromatic N) is 1. The minimum absolute atomic E-state index is 0.188. The van der Waals surface area contributed by atoms with Gasteiger partial charge in [0.15, 0.2) is 0 Å². The molecule has 1 heterocycles. The topological polar surface area (TPSA) is 98.9 Å². The van der Waals surface area contributed by atoms with Crippen LogP contribution in [0.5, 0.6) is 0 Å². The van der Waals surface area contributed by atoms with E-state index in [1.54, 1.807) is 0 Å². The van der Waals surface area contributed by atoms with E-state index in [9.17, 15) is 9.59 Å². The molecular formula is C17H23N5O2. The lowest BCUT2D eigenvalue weighted by atomic mass is 9.96. The molecule has 7 heteroatoms. The van der Waals surface area contributed by atoms with E-state index in [0.717, 1.165) is 23.9 Å². The van der Waals surface area contributed by atoms with Crippen LogP contribution in [-0.4, -0.2) is 34.5 Å². The van der Waals surface area contributed by atoms with Crippen LogP contribution in [-0.2, 0) is 4.79 Å². The van der Waals surface area contributed by atoms with Crippen LogP contribution in [0.4, 0.5) is 10.7 Å². The van der Waals surface area contributed by atoms with Crippen molar-refractivity contribution in [1.82, 2.24) is 20.6 Å². The predicted molar refractivity (Wildman–Crippen MR) is 92.7 cm³/mol. The Balaban J connectivity index is 1.38. The average Bonchev–Trinajstić information content (AvgIpc) is 2.97. The molecule has 1 fully saturated rings. The molecule has 0 spiro atoms. The van der Waals surface area contributed by atoms with Gasteiger partial charge in [0.25, 0.3) is 0 Å². The molecule has 3 rings (SSSR count). The molecule has 2 aromatic rings. The first-order valence-electron chi connectivity index (χ1n) is 8.50. The first kappa shape index (κ1) is 16.3. The zero-order chi connectivity index (χ0) is 16.8. The van der Waals surface area contributed by atoms with Crippen LogP contribution in [0, 0.1) is 0 Å². The third-order valence-corrected chi connectivity index (χ3v) is 4.23. The van der Waals surface area contributed by atoms with Crippen molar-refractivity contribution < 1.29 is 9.59 Å². The number of carbonyl (C=O) groups is 2. The SMILES string of the molecule is O=C(CCNC(=O)NC1CCCCC1)Nc1nc2ccccc2[nH]1. The Bertz CT molecular complexity index is 673. The molecule has 3 amide bonds. The van der Waals surface area contributed by atoms with Crippen LogP contribution in [0.15, 0.2) is 24.3 Å². The molecule has 128 valence electrons. The maximum absolute atomic E-state index is 11.9. The molecule has 4 N–H and O–H groups in total. The lowest BCUT2D eigenvalue weighted by Gasteiger charge is -2.22. The number of anilines is 1. The van der Waals surface area contributed by atoms with Crippen molar-refractivity contribution in [3.05, 3.63) is 24.3 Å². The highest BCUT2D eigenvalue weighted by atomic mass is 16.2. The minimum atomic E-state index is -0.196. The molecule has 0 atom stereocenters. The predicted octanol–water partition coefficient (Wildman–Crippen LogP) is 2.52. The molecular weight excluding hydrogens is 306 g/mol. The highest BCUT2D eigenvalue weighted by Crippen LogP contribution is 2.17. The largest absolute Gasteiger partial charge is 0.338 e. The molecule has 0 aliphatic heterocycles. The van der Waals surface area contributed by atoms with Gasteiger partial charge in [0.2, 0.25) is 11.9 Å². The Kier molecular flexibility index (Phi) is 5.30. The summed E-state index contributed by atoms with van der Waals surface area (Å²) in [4.78, 5) is 31.0. The van der Waals surface area contributed by atoms with Gasteiger partial charge in [0, 0.05) is 19.0 Å². The summed E-state index contributed by atoms with van der Waals surface area (Å²) in [7, 11) is 0. The van der Waals surface area contributed by atoms with Gasteiger partial charge in [-0.15, -0.1) is 0 Å². The molecule has 0 bridgehead atoms. The van der Waals surface area contributed by atoms with Gasteiger partial charge in [-0.2, -0.15) is 0 Å². The van der Waals surface area contributed by atoms with Crippen LogP contribution in [0.3, 0.4) is 0 Å². The maximum Gasteiger partial charge on any atom is 0.315 e. The second-order valence-corrected chi connectivity index (χ2v) is 6.14. The number of aromatic amines is 1. The number of urea groups is 1. The van der Waals surface area contributed by atoms with Gasteiger partial charge in [-0.1, -0.05) is 31.4 Å². The van der Waals surface area contributed by atoms with Crippen molar-refractivity contribution in [2.45, 2.75) is 44.6 Å². The Morgan fingerprint density at radius 1 is 1.17 bits per heavy atom. The summed E-state index contributed by atoms with van der Waals surface area (Å²) in [5, 5.41) is 8.40. The van der Waals surface area contributed by atoms with Crippen LogP contribution in [0.2, 0.25) is 0 Å². The lowest BCUT2D eigenvalue weighted by Crippen LogP contribution is -2.43. The third kappa shape index (κ3) is 4.47. The number of imidazole rings is 1. The van der Waals surface area contributed by atoms with E-state index in [-0.39, 0.29) is 24.4 Å². The molecule has 1 aromatic heterocycles. The number of fused-ring (bicyclic) bond motifs is 1. The number of benzene rings is 1. The number of hydrogen-bond acceptors (Lipinski definition) is 3. The molecule has 1 aliphatic rings. The first-order chi connectivity index (χ1) is 11.7. The monoisotopic (exact) mass is 329 g/mol. The second-order valence-electron chi connectivity index (χ2n) is 6.14. The van der Waals surface area contributed by atoms with Crippen LogP contribution in [0.25, 0.3) is 11.0 Å². The van der Waals surface area contributed by atoms with Crippen molar-refractivity contribution in [3.8, 4) is 0 Å². The van der Waals surface area contributed by atoms with Gasteiger partial charge in [-0.3, -0.25) is 10.1 Å². The molecule has 7 nitrogen and oxygen atoms in total. The summed E-state index contributed by atoms with van der Waals surface area (Å²) in [6.07, 6.45) is 5.88. The quantitative estimate of drug-likeness (QED) is 0.678. The Morgan fingerprint density at radius 3 is 2.75 bits per heavy atom. The summed E-state index contributed by atoms with van der Waals surface area (Å²) in [6.45, 7) is 0.296. The molecule has 1 aliphatic carbocycles. The van der Waals surface area contributed by atoms with E-state index in [1.165, 1.54) is 19.3 Å². The highest BCUT2D eigenvalue weighted by molar-refractivity contribution is 5.91. The van der Waals surface area contributed by atoms with E-state index in [1.807, 2.05) is 24.3 Å². The van der Waals surface area contributed by atoms with Crippen molar-refractivity contribution in [2.75, 3.05) is 11.9 Å². The van der Waals surface area contributed by atoms with E-state index in [2.05, 4.69) is 25.9 Å². The number of nitrogens with one attached hydrogen (secondary N) is 4. The second kappa shape index (κ2) is 7.81. The Morgan fingerprint density at radius 2 is 1.96 bits per heavy atom. The van der Waals surface area contributed by atoms with Crippen LogP contribution >= 0.6 is 0 Å². The smallest absolute Gasteiger partial charge is 0.315 e. The first-order valence-corrected chi connectivity index (χ1v) is 8.50. The average molecular weight is 329 g/mol. The molecule has 24 heavy (non-hydrogen) atoms. The Hall–Kier alpha value is -2.57. The number of H-pyrrole nitrogens is 1. The lowest BCUT2D eigenvalue weighted by molar-refractivity contribution is -0.116. The summed E-state index contributed by atoms with van der Waals surface area (Å²) in [5.41, 5.74) is 1.68. The number of amides is 3. The molecule has 1 saturated carbocycles. The molecule has 0 unspecified atom stereocenters. The maximum atomic E-state index is 11.9. The van der Waals surface area contributed by atoms with Crippen molar-refractivity contribution in [2.24, 2.45) is 0 Å². The zero-order valence-electron chi connectivity index (χ0n) is 13.6. The van der Waals surface area contributed by atoms with Gasteiger partial charge >= 0.3 is 6.03 Å². The summed E-state index contributed by atoms with van der Waals surface area (Å²) < 4.78 is 0. The van der Waals surface area contributed by atoms with Crippen molar-refractivity contribution >= 4 is 28.9 Å². The number of carbonyl (C=O) groups excluding carboxylic acids is 2. The van der Waals surface area contributed by atoms with E-state index in [0.29, 0.717) is 12.5 Å². The number of aromatic nitrogens is 2. The standard InChI is InChI=1S/C17H23N5O2/c23-15(22-16-20-13-8-4-5-9-14(13)21-16)10-11-18-17(24)19-12-6-2-1-3-7-12/h4-5,8-9,12H,1-3,6-7,10-11H2,(H2,18,19,24)(H2,20,21,22,23). The van der Waals surface area contributed by atoms with Crippen LogP contribution in [0.1, 0.15) is 38.5 Å². The zero-order valence-corrected chi connectivity index (χ0v) is 13.6. The minimum Gasteiger partial charge on any atom is -0.338 e. The summed E-state index contributed by atoms with van der Waals surface area (Å²) >= 11 is 0. The number of hydrogen-bond donors (Lipinski definition) is 4. The van der Waals surface area contributed by atoms with Gasteiger partial charge in [0.05, 0.1) is 11.0 Å². The third-order valence-electron chi connectivity index (χ3n) is 4.23. The van der Waals surface area contributed by atoms with E-state index >= 15 is 0 Å². The van der Waals surface area contributed by atoms with E-state index < -0.39 is 0 Å². The van der Waals surface area contributed by atoms with E-state index in [4.69, 9.17) is 0 Å². The molecule has 0 saturated heterocycles. The van der Waals surface area contributed by atoms with Gasteiger partial charge < -0.3 is 15.6 Å². The fourth-order valence-electron chi connectivity index (χ4n) is 2.98. The molecule has 1 aromatic carbocycles. The normalized spacial score (nSPS) is 15.2. The number of para-hydroxylation sites is 2. The summed E-state index contributed by atoms with van der Waals surface area (Å²) in [5.74, 6) is 0.236. The van der Waals surface area contributed by atoms with Gasteiger partial charge in [-0.05, 0) is 25.0 Å². The van der Waals surface area contributed by atoms with Gasteiger partial charge in [-0.25, -0.2) is 9.78 Å². The number of rotatable bonds is 5. The fourth-order valence-corrected chi connectivity index (χ4v) is 2.98. The fraction of sp³-hybridized carbons (Fsp3) is 0.471. The van der Waals surface area contributed by atoms with Gasteiger partial charge in [0.1, 0.15) is 0 Å². The van der Waals surface area contributed by atoms with Crippen molar-refractivity contribution in [1.29, 1.82) is 0 Å². The van der Waals surface area contributed by atoms with Crippen molar-refractivity contribution in [3.63, 3.8) is 0 Å². The summed E-state index contributed by atoms with van der Waals surface area (Å²) in [6, 6.07) is 7.64. The Labute approximate surface area is 140 Å².